The lowest BCUT2D eigenvalue weighted by molar-refractivity contribution is -0.454. The zero-order chi connectivity index (χ0) is 24.3. The highest BCUT2D eigenvalue weighted by atomic mass is 35.5. The topological polar surface area (TPSA) is 172 Å². The summed E-state index contributed by atoms with van der Waals surface area (Å²) in [6.45, 7) is 1.50. The first kappa shape index (κ1) is 23.1. The predicted octanol–water partition coefficient (Wildman–Crippen LogP) is 1.60. The summed E-state index contributed by atoms with van der Waals surface area (Å²) >= 11 is 7.18. The third-order valence-electron chi connectivity index (χ3n) is 5.95. The number of nitrogens with one attached hydrogen (secondary N) is 1. The fraction of sp³-hybridized carbons (Fsp3) is 0.350. The maximum absolute atomic E-state index is 15.0. The monoisotopic (exact) mass is 507 g/mol. The number of halogens is 2. The summed E-state index contributed by atoms with van der Waals surface area (Å²) < 4.78 is 19.0. The number of hydrogen-bond donors (Lipinski definition) is 5. The first-order valence-electron chi connectivity index (χ1n) is 10.0. The molecular weight excluding hydrogens is 489 g/mol. The Bertz CT molecular complexity index is 1330. The Balaban J connectivity index is 1.48. The Hall–Kier alpha value is -2.68. The molecule has 0 radical (unpaired) electrons. The fourth-order valence-corrected chi connectivity index (χ4v) is 5.87. The lowest BCUT2D eigenvalue weighted by Gasteiger charge is -2.34. The van der Waals surface area contributed by atoms with E-state index >= 15 is 0 Å². The first-order valence-corrected chi connectivity index (χ1v) is 11.2. The minimum absolute atomic E-state index is 0.180. The number of rotatable bonds is 6. The molecule has 2 unspecified atom stereocenters. The molecule has 6 N–H and O–H groups in total. The van der Waals surface area contributed by atoms with Crippen molar-refractivity contribution in [3.05, 3.63) is 47.4 Å². The lowest BCUT2D eigenvalue weighted by atomic mass is 9.86. The molecule has 34 heavy (non-hydrogen) atoms. The van der Waals surface area contributed by atoms with E-state index in [1.807, 2.05) is 0 Å². The van der Waals surface area contributed by atoms with Gasteiger partial charge in [-0.3, -0.25) is 4.99 Å². The molecule has 14 heteroatoms. The number of aliphatic imine (C=N–C) groups is 1. The van der Waals surface area contributed by atoms with Gasteiger partial charge in [0.15, 0.2) is 11.0 Å². The van der Waals surface area contributed by atoms with E-state index in [1.165, 1.54) is 30.5 Å². The number of aromatic nitrogens is 4. The summed E-state index contributed by atoms with van der Waals surface area (Å²) in [7, 11) is 0. The molecule has 0 spiro atoms. The second-order valence-electron chi connectivity index (χ2n) is 8.31. The van der Waals surface area contributed by atoms with Crippen molar-refractivity contribution in [2.75, 3.05) is 11.9 Å². The van der Waals surface area contributed by atoms with Gasteiger partial charge < -0.3 is 31.1 Å². The van der Waals surface area contributed by atoms with Crippen LogP contribution in [0.15, 0.2) is 35.8 Å². The van der Waals surface area contributed by atoms with E-state index in [0.717, 1.165) is 0 Å². The van der Waals surface area contributed by atoms with Gasteiger partial charge in [-0.15, -0.1) is 0 Å². The number of thioether (sulfide) groups is 1. The standard InChI is InChI=1S/C20H19ClFN7O4S/c1-18(13-4-19(13,34-17(23)29-18)7-33-20(30,31)32)11-3-10(6-25-15(11)22)28-16-14-12(26-8-27-16)2-9(21)5-24-14/h2-3,5-6,8,13,30-32H,4,7H2,1H3,(H2,23,29)(H,26,27,28)/t13?,18-,19?/m1/s1. The average molecular weight is 508 g/mol. The molecule has 1 aliphatic carbocycles. The van der Waals surface area contributed by atoms with Crippen LogP contribution in [-0.2, 0) is 10.3 Å². The van der Waals surface area contributed by atoms with Crippen LogP contribution < -0.4 is 11.1 Å². The number of hydrogen-bond acceptors (Lipinski definition) is 12. The van der Waals surface area contributed by atoms with Crippen molar-refractivity contribution in [1.29, 1.82) is 0 Å². The van der Waals surface area contributed by atoms with Gasteiger partial charge in [-0.05, 0) is 25.5 Å². The van der Waals surface area contributed by atoms with Crippen LogP contribution in [0.5, 0.6) is 0 Å². The molecule has 5 rings (SSSR count). The van der Waals surface area contributed by atoms with E-state index in [2.05, 4.69) is 30.2 Å². The van der Waals surface area contributed by atoms with Gasteiger partial charge in [0.25, 0.3) is 0 Å². The van der Waals surface area contributed by atoms with Crippen molar-refractivity contribution in [1.82, 2.24) is 19.9 Å². The van der Waals surface area contributed by atoms with Crippen LogP contribution in [0.2, 0.25) is 5.02 Å². The molecule has 0 aromatic carbocycles. The molecule has 1 fully saturated rings. The Morgan fingerprint density at radius 3 is 2.82 bits per heavy atom. The summed E-state index contributed by atoms with van der Waals surface area (Å²) in [5.41, 5.74) is 6.56. The summed E-state index contributed by atoms with van der Waals surface area (Å²) in [5.74, 6) is -0.612. The zero-order valence-electron chi connectivity index (χ0n) is 17.6. The molecule has 2 aliphatic rings. The number of amidine groups is 1. The van der Waals surface area contributed by atoms with E-state index in [1.54, 1.807) is 19.1 Å². The molecule has 0 saturated heterocycles. The van der Waals surface area contributed by atoms with Crippen LogP contribution in [0.1, 0.15) is 18.9 Å². The van der Waals surface area contributed by atoms with Gasteiger partial charge in [-0.1, -0.05) is 23.4 Å². The summed E-state index contributed by atoms with van der Waals surface area (Å²) in [4.78, 5) is 21.1. The van der Waals surface area contributed by atoms with Crippen molar-refractivity contribution in [3.63, 3.8) is 0 Å². The smallest absolute Gasteiger partial charge is 0.378 e. The van der Waals surface area contributed by atoms with Crippen LogP contribution in [0.25, 0.3) is 11.0 Å². The quantitative estimate of drug-likeness (QED) is 0.242. The van der Waals surface area contributed by atoms with Crippen molar-refractivity contribution >= 4 is 51.1 Å². The number of anilines is 2. The molecule has 178 valence electrons. The Kier molecular flexibility index (Phi) is 5.39. The maximum Gasteiger partial charge on any atom is 0.405 e. The van der Waals surface area contributed by atoms with Crippen molar-refractivity contribution in [2.45, 2.75) is 29.8 Å². The molecule has 0 bridgehead atoms. The molecule has 11 nitrogen and oxygen atoms in total. The number of aliphatic hydroxyl groups is 3. The minimum atomic E-state index is -3.28. The molecule has 3 aromatic heterocycles. The highest BCUT2D eigenvalue weighted by molar-refractivity contribution is 8.15. The highest BCUT2D eigenvalue weighted by Crippen LogP contribution is 2.66. The maximum atomic E-state index is 15.0. The SMILES string of the molecule is C[C@]1(c2cc(Nc3ncnc4cc(Cl)cnc34)cnc2F)N=C(N)SC2(COC(O)(O)O)CC21. The van der Waals surface area contributed by atoms with Crippen LogP contribution in [0, 0.1) is 11.9 Å². The van der Waals surface area contributed by atoms with Crippen molar-refractivity contribution in [2.24, 2.45) is 16.6 Å². The molecule has 1 saturated carbocycles. The van der Waals surface area contributed by atoms with E-state index in [0.29, 0.717) is 34.0 Å². The van der Waals surface area contributed by atoms with Crippen molar-refractivity contribution in [3.8, 4) is 0 Å². The van der Waals surface area contributed by atoms with Gasteiger partial charge in [-0.25, -0.2) is 19.9 Å². The third-order valence-corrected chi connectivity index (χ3v) is 7.44. The van der Waals surface area contributed by atoms with E-state index < -0.39 is 22.4 Å². The van der Waals surface area contributed by atoms with E-state index in [-0.39, 0.29) is 23.3 Å². The minimum Gasteiger partial charge on any atom is -0.378 e. The molecule has 1 aliphatic heterocycles. The van der Waals surface area contributed by atoms with Gasteiger partial charge in [0.1, 0.15) is 11.8 Å². The third kappa shape index (κ3) is 4.15. The number of fused-ring (bicyclic) bond motifs is 2. The molecule has 4 heterocycles. The highest BCUT2D eigenvalue weighted by Gasteiger charge is 2.67. The number of pyridine rings is 2. The van der Waals surface area contributed by atoms with E-state index in [9.17, 15) is 4.39 Å². The molecule has 3 atom stereocenters. The predicted molar refractivity (Wildman–Crippen MR) is 123 cm³/mol. The van der Waals surface area contributed by atoms with Gasteiger partial charge in [-0.2, -0.15) is 4.39 Å². The average Bonchev–Trinajstić information content (AvgIpc) is 3.49. The van der Waals surface area contributed by atoms with Gasteiger partial charge >= 0.3 is 6.16 Å². The number of ether oxygens (including phenoxy) is 1. The second kappa shape index (κ2) is 7.93. The zero-order valence-corrected chi connectivity index (χ0v) is 19.2. The molecular formula is C20H19ClFN7O4S. The van der Waals surface area contributed by atoms with Gasteiger partial charge in [0, 0.05) is 17.7 Å². The number of nitrogens with two attached hydrogens (primary N) is 1. The summed E-state index contributed by atoms with van der Waals surface area (Å²) in [6, 6.07) is 3.22. The number of nitrogens with zero attached hydrogens (tertiary/aromatic N) is 5. The van der Waals surface area contributed by atoms with Crippen molar-refractivity contribution < 1.29 is 24.4 Å². The normalized spacial score (nSPS) is 26.2. The van der Waals surface area contributed by atoms with Crippen LogP contribution in [-0.4, -0.2) is 57.9 Å². The van der Waals surface area contributed by atoms with Crippen LogP contribution in [0.4, 0.5) is 15.9 Å². The molecule has 0 amide bonds. The van der Waals surface area contributed by atoms with Crippen LogP contribution in [0.3, 0.4) is 0 Å². The van der Waals surface area contributed by atoms with E-state index in [4.69, 9.17) is 37.4 Å². The fourth-order valence-electron chi connectivity index (χ4n) is 4.32. The Labute approximate surface area is 201 Å². The lowest BCUT2D eigenvalue weighted by Crippen LogP contribution is -2.41. The second-order valence-corrected chi connectivity index (χ2v) is 10.2. The summed E-state index contributed by atoms with van der Waals surface area (Å²) in [6.07, 6.45) is 1.36. The molecule has 3 aromatic rings. The Morgan fingerprint density at radius 1 is 1.26 bits per heavy atom. The van der Waals surface area contributed by atoms with Gasteiger partial charge in [0.05, 0.1) is 39.3 Å². The largest absolute Gasteiger partial charge is 0.405 e. The summed E-state index contributed by atoms with van der Waals surface area (Å²) in [5, 5.41) is 31.1. The van der Waals surface area contributed by atoms with Crippen LogP contribution >= 0.6 is 23.4 Å². The van der Waals surface area contributed by atoms with Gasteiger partial charge in [0.2, 0.25) is 5.95 Å². The first-order chi connectivity index (χ1) is 16.0. The Morgan fingerprint density at radius 2 is 2.06 bits per heavy atom.